The first-order valence-corrected chi connectivity index (χ1v) is 8.26. The third-order valence-electron chi connectivity index (χ3n) is 3.33. The molecule has 0 saturated carbocycles. The molecule has 0 aliphatic carbocycles. The largest absolute Gasteiger partial charge is 0.383 e. The van der Waals surface area contributed by atoms with Gasteiger partial charge in [0, 0.05) is 29.5 Å². The first-order chi connectivity index (χ1) is 10.3. The highest BCUT2D eigenvalue weighted by atomic mass is 32.1. The average molecular weight is 314 g/mol. The van der Waals surface area contributed by atoms with Crippen LogP contribution >= 0.6 is 11.3 Å². The number of nitrogens with one attached hydrogen (secondary N) is 1. The van der Waals surface area contributed by atoms with Crippen molar-refractivity contribution >= 4 is 17.0 Å². The normalized spacial score (nSPS) is 11.3. The number of pyridine rings is 1. The molecule has 2 heterocycles. The fourth-order valence-corrected chi connectivity index (χ4v) is 3.14. The smallest absolute Gasteiger partial charge is 0.103 e. The second-order valence-electron chi connectivity index (χ2n) is 6.45. The summed E-state index contributed by atoms with van der Waals surface area (Å²) in [7, 11) is 0. The molecule has 0 saturated heterocycles. The van der Waals surface area contributed by atoms with Gasteiger partial charge >= 0.3 is 0 Å². The molecular weight excluding hydrogens is 292 g/mol. The number of hydrogen-bond acceptors (Lipinski definition) is 5. The SMILES string of the molecule is Cc1cc(NCCc2csc(C(C)(C)C)n2)c(C#N)c(C)n1. The lowest BCUT2D eigenvalue weighted by atomic mass is 9.98. The summed E-state index contributed by atoms with van der Waals surface area (Å²) in [6.07, 6.45) is 0.845. The Bertz CT molecular complexity index is 704. The number of nitriles is 1. The minimum Gasteiger partial charge on any atom is -0.383 e. The van der Waals surface area contributed by atoms with Crippen molar-refractivity contribution in [3.8, 4) is 6.07 Å². The van der Waals surface area contributed by atoms with E-state index in [4.69, 9.17) is 4.98 Å². The lowest BCUT2D eigenvalue weighted by Crippen LogP contribution is -2.11. The van der Waals surface area contributed by atoms with Crippen LogP contribution in [0.4, 0.5) is 5.69 Å². The van der Waals surface area contributed by atoms with E-state index in [1.807, 2.05) is 19.9 Å². The van der Waals surface area contributed by atoms with E-state index in [1.54, 1.807) is 11.3 Å². The lowest BCUT2D eigenvalue weighted by molar-refractivity contribution is 0.583. The topological polar surface area (TPSA) is 61.6 Å². The zero-order valence-corrected chi connectivity index (χ0v) is 14.6. The maximum absolute atomic E-state index is 9.26. The summed E-state index contributed by atoms with van der Waals surface area (Å²) in [6, 6.07) is 4.15. The van der Waals surface area contributed by atoms with Gasteiger partial charge in [-0.05, 0) is 19.9 Å². The van der Waals surface area contributed by atoms with Gasteiger partial charge in [0.15, 0.2) is 0 Å². The molecule has 0 spiro atoms. The van der Waals surface area contributed by atoms with Crippen molar-refractivity contribution in [3.63, 3.8) is 0 Å². The molecule has 0 aromatic carbocycles. The highest BCUT2D eigenvalue weighted by Crippen LogP contribution is 2.25. The summed E-state index contributed by atoms with van der Waals surface area (Å²) in [5.74, 6) is 0. The van der Waals surface area contributed by atoms with Crippen LogP contribution in [0.25, 0.3) is 0 Å². The molecule has 0 aliphatic rings. The van der Waals surface area contributed by atoms with Crippen LogP contribution in [0.1, 0.15) is 48.4 Å². The fraction of sp³-hybridized carbons (Fsp3) is 0.471. The second kappa shape index (κ2) is 6.45. The van der Waals surface area contributed by atoms with Gasteiger partial charge in [0.25, 0.3) is 0 Å². The summed E-state index contributed by atoms with van der Waals surface area (Å²) in [4.78, 5) is 9.02. The van der Waals surface area contributed by atoms with Crippen LogP contribution in [-0.4, -0.2) is 16.5 Å². The number of nitrogens with zero attached hydrogens (tertiary/aromatic N) is 3. The molecular formula is C17H22N4S. The minimum absolute atomic E-state index is 0.101. The fourth-order valence-electron chi connectivity index (χ4n) is 2.20. The monoisotopic (exact) mass is 314 g/mol. The van der Waals surface area contributed by atoms with Crippen molar-refractivity contribution < 1.29 is 0 Å². The van der Waals surface area contributed by atoms with Crippen LogP contribution in [0.3, 0.4) is 0 Å². The number of aromatic nitrogens is 2. The van der Waals surface area contributed by atoms with E-state index in [-0.39, 0.29) is 5.41 Å². The standard InChI is InChI=1S/C17H22N4S/c1-11-8-15(14(9-18)12(2)20-11)19-7-6-13-10-22-16(21-13)17(3,4)5/h8,10H,6-7H2,1-5H3,(H,19,20). The molecule has 2 rings (SSSR count). The van der Waals surface area contributed by atoms with Crippen molar-refractivity contribution in [3.05, 3.63) is 39.1 Å². The molecule has 0 bridgehead atoms. The predicted octanol–water partition coefficient (Wildman–Crippen LogP) is 3.98. The predicted molar refractivity (Wildman–Crippen MR) is 91.4 cm³/mol. The van der Waals surface area contributed by atoms with Gasteiger partial charge in [0.2, 0.25) is 0 Å². The molecule has 0 aliphatic heterocycles. The highest BCUT2D eigenvalue weighted by molar-refractivity contribution is 7.09. The summed E-state index contributed by atoms with van der Waals surface area (Å²) >= 11 is 1.71. The molecule has 116 valence electrons. The van der Waals surface area contributed by atoms with Crippen molar-refractivity contribution in [2.24, 2.45) is 0 Å². The maximum Gasteiger partial charge on any atom is 0.103 e. The molecule has 0 radical (unpaired) electrons. The molecule has 5 heteroatoms. The number of aryl methyl sites for hydroxylation is 2. The van der Waals surface area contributed by atoms with Crippen LogP contribution in [0.5, 0.6) is 0 Å². The molecule has 1 N–H and O–H groups in total. The Labute approximate surface area is 136 Å². The Morgan fingerprint density at radius 1 is 1.27 bits per heavy atom. The van der Waals surface area contributed by atoms with Gasteiger partial charge in [-0.3, -0.25) is 4.98 Å². The number of anilines is 1. The average Bonchev–Trinajstić information content (AvgIpc) is 2.87. The van der Waals surface area contributed by atoms with Crippen molar-refractivity contribution in [1.29, 1.82) is 5.26 Å². The van der Waals surface area contributed by atoms with E-state index >= 15 is 0 Å². The molecule has 2 aromatic rings. The molecule has 0 atom stereocenters. The number of thiazole rings is 1. The zero-order valence-electron chi connectivity index (χ0n) is 13.8. The zero-order chi connectivity index (χ0) is 16.3. The molecule has 0 fully saturated rings. The van der Waals surface area contributed by atoms with Crippen molar-refractivity contribution in [1.82, 2.24) is 9.97 Å². The van der Waals surface area contributed by atoms with Gasteiger partial charge in [-0.25, -0.2) is 4.98 Å². The van der Waals surface area contributed by atoms with E-state index in [0.29, 0.717) is 5.56 Å². The van der Waals surface area contributed by atoms with E-state index in [2.05, 4.69) is 42.5 Å². The second-order valence-corrected chi connectivity index (χ2v) is 7.31. The maximum atomic E-state index is 9.26. The van der Waals surface area contributed by atoms with Gasteiger partial charge in [0.05, 0.1) is 27.6 Å². The Morgan fingerprint density at radius 2 is 2.00 bits per heavy atom. The van der Waals surface area contributed by atoms with E-state index in [0.717, 1.165) is 40.7 Å². The van der Waals surface area contributed by atoms with E-state index < -0.39 is 0 Å². The Hall–Kier alpha value is -1.93. The van der Waals surface area contributed by atoms with Crippen molar-refractivity contribution in [2.45, 2.75) is 46.5 Å². The van der Waals surface area contributed by atoms with E-state index in [9.17, 15) is 5.26 Å². The lowest BCUT2D eigenvalue weighted by Gasteiger charge is -2.13. The minimum atomic E-state index is 0.101. The van der Waals surface area contributed by atoms with Crippen LogP contribution < -0.4 is 5.32 Å². The van der Waals surface area contributed by atoms with Crippen LogP contribution in [0.15, 0.2) is 11.4 Å². The summed E-state index contributed by atoms with van der Waals surface area (Å²) in [5, 5.41) is 15.9. The molecule has 22 heavy (non-hydrogen) atoms. The Kier molecular flexibility index (Phi) is 4.82. The van der Waals surface area contributed by atoms with E-state index in [1.165, 1.54) is 0 Å². The third kappa shape index (κ3) is 3.83. The summed E-state index contributed by atoms with van der Waals surface area (Å²) in [5.41, 5.74) is 4.38. The Morgan fingerprint density at radius 3 is 2.59 bits per heavy atom. The van der Waals surface area contributed by atoms with Gasteiger partial charge in [-0.15, -0.1) is 11.3 Å². The number of hydrogen-bond donors (Lipinski definition) is 1. The first kappa shape index (κ1) is 16.4. The molecule has 4 nitrogen and oxygen atoms in total. The van der Waals surface area contributed by atoms with Gasteiger partial charge in [-0.2, -0.15) is 5.26 Å². The molecule has 0 amide bonds. The number of rotatable bonds is 4. The van der Waals surface area contributed by atoms with Crippen LogP contribution in [0, 0.1) is 25.2 Å². The van der Waals surface area contributed by atoms with Crippen LogP contribution in [-0.2, 0) is 11.8 Å². The van der Waals surface area contributed by atoms with Crippen molar-refractivity contribution in [2.75, 3.05) is 11.9 Å². The van der Waals surface area contributed by atoms with Crippen LogP contribution in [0.2, 0.25) is 0 Å². The van der Waals surface area contributed by atoms with Gasteiger partial charge in [0.1, 0.15) is 6.07 Å². The van der Waals surface area contributed by atoms with Gasteiger partial charge in [-0.1, -0.05) is 20.8 Å². The third-order valence-corrected chi connectivity index (χ3v) is 4.65. The Balaban J connectivity index is 2.03. The van der Waals surface area contributed by atoms with Gasteiger partial charge < -0.3 is 5.32 Å². The quantitative estimate of drug-likeness (QED) is 0.927. The summed E-state index contributed by atoms with van der Waals surface area (Å²) < 4.78 is 0. The molecule has 0 unspecified atom stereocenters. The highest BCUT2D eigenvalue weighted by Gasteiger charge is 2.17. The molecule has 2 aromatic heterocycles. The summed E-state index contributed by atoms with van der Waals surface area (Å²) in [6.45, 7) is 11.1. The first-order valence-electron chi connectivity index (χ1n) is 7.38.